The molecule has 0 aliphatic carbocycles. The van der Waals surface area contributed by atoms with Gasteiger partial charge in [-0.25, -0.2) is 4.79 Å². The van der Waals surface area contributed by atoms with Crippen LogP contribution in [-0.2, 0) is 9.59 Å². The second-order valence-electron chi connectivity index (χ2n) is 4.70. The third-order valence-corrected chi connectivity index (χ3v) is 4.31. The molecule has 0 spiro atoms. The summed E-state index contributed by atoms with van der Waals surface area (Å²) in [4.78, 5) is 24.3. The minimum Gasteiger partial charge on any atom is -0.492 e. The van der Waals surface area contributed by atoms with Crippen molar-refractivity contribution in [2.75, 3.05) is 6.61 Å². The molecule has 1 aromatic carbocycles. The van der Waals surface area contributed by atoms with E-state index in [4.69, 9.17) is 4.74 Å². The minimum atomic E-state index is -1.07. The van der Waals surface area contributed by atoms with E-state index in [-0.39, 0.29) is 12.5 Å². The Labute approximate surface area is 125 Å². The second kappa shape index (κ2) is 5.57. The number of thiophene rings is 1. The quantitative estimate of drug-likeness (QED) is 0.907. The van der Waals surface area contributed by atoms with E-state index in [0.29, 0.717) is 10.6 Å². The van der Waals surface area contributed by atoms with Gasteiger partial charge in [0, 0.05) is 10.4 Å². The van der Waals surface area contributed by atoms with Crippen molar-refractivity contribution in [2.45, 2.75) is 12.0 Å². The monoisotopic (exact) mass is 303 g/mol. The molecule has 21 heavy (non-hydrogen) atoms. The van der Waals surface area contributed by atoms with Crippen molar-refractivity contribution in [3.8, 4) is 5.75 Å². The van der Waals surface area contributed by atoms with Crippen molar-refractivity contribution in [1.29, 1.82) is 0 Å². The van der Waals surface area contributed by atoms with Crippen LogP contribution in [0.2, 0.25) is 0 Å². The topological polar surface area (TPSA) is 75.6 Å². The van der Waals surface area contributed by atoms with Crippen LogP contribution >= 0.6 is 11.3 Å². The molecule has 2 heterocycles. The van der Waals surface area contributed by atoms with Crippen LogP contribution in [0.3, 0.4) is 0 Å². The largest absolute Gasteiger partial charge is 0.492 e. The van der Waals surface area contributed by atoms with Gasteiger partial charge in [0.25, 0.3) is 0 Å². The summed E-state index contributed by atoms with van der Waals surface area (Å²) in [6.45, 7) is 0.238. The van der Waals surface area contributed by atoms with Crippen LogP contribution in [0.25, 0.3) is 0 Å². The Morgan fingerprint density at radius 3 is 2.81 bits per heavy atom. The maximum absolute atomic E-state index is 12.4. The van der Waals surface area contributed by atoms with Gasteiger partial charge in [0.05, 0.1) is 0 Å². The van der Waals surface area contributed by atoms with Crippen molar-refractivity contribution in [3.63, 3.8) is 0 Å². The highest BCUT2D eigenvalue weighted by atomic mass is 32.1. The summed E-state index contributed by atoms with van der Waals surface area (Å²) in [6.07, 6.45) is 0. The molecule has 6 heteroatoms. The number of ether oxygens (including phenoxy) is 1. The van der Waals surface area contributed by atoms with Crippen LogP contribution in [0.15, 0.2) is 41.8 Å². The molecule has 0 saturated carbocycles. The lowest BCUT2D eigenvalue weighted by Crippen LogP contribution is -2.37. The molecular formula is C15H13NO4S. The lowest BCUT2D eigenvalue weighted by Gasteiger charge is -2.16. The lowest BCUT2D eigenvalue weighted by atomic mass is 10.00. The van der Waals surface area contributed by atoms with E-state index in [0.717, 1.165) is 5.56 Å². The molecule has 2 N–H and O–H groups in total. The van der Waals surface area contributed by atoms with E-state index in [1.165, 1.54) is 11.3 Å². The normalized spacial score (nSPS) is 17.6. The highest BCUT2D eigenvalue weighted by molar-refractivity contribution is 7.10. The first-order valence-electron chi connectivity index (χ1n) is 6.45. The first-order chi connectivity index (χ1) is 10.2. The fourth-order valence-electron chi connectivity index (χ4n) is 2.33. The number of rotatable bonds is 4. The molecule has 1 aliphatic heterocycles. The Kier molecular flexibility index (Phi) is 3.62. The van der Waals surface area contributed by atoms with Crippen molar-refractivity contribution in [1.82, 2.24) is 5.32 Å². The van der Waals surface area contributed by atoms with Crippen molar-refractivity contribution >= 4 is 23.2 Å². The molecule has 3 rings (SSSR count). The highest BCUT2D eigenvalue weighted by Crippen LogP contribution is 2.34. The zero-order valence-electron chi connectivity index (χ0n) is 11.0. The molecule has 108 valence electrons. The maximum atomic E-state index is 12.4. The molecule has 0 radical (unpaired) electrons. The van der Waals surface area contributed by atoms with Gasteiger partial charge in [0.15, 0.2) is 6.04 Å². The van der Waals surface area contributed by atoms with Gasteiger partial charge in [-0.15, -0.1) is 11.3 Å². The summed E-state index contributed by atoms with van der Waals surface area (Å²) in [5, 5.41) is 13.7. The molecule has 1 aliphatic rings. The number of nitrogens with one attached hydrogen (secondary N) is 1. The number of para-hydroxylation sites is 1. The Hall–Kier alpha value is -2.34. The Bertz CT molecular complexity index is 668. The third kappa shape index (κ3) is 2.62. The molecule has 2 unspecified atom stereocenters. The van der Waals surface area contributed by atoms with Gasteiger partial charge in [0.2, 0.25) is 5.91 Å². The number of carbonyl (C=O) groups excluding carboxylic acids is 1. The van der Waals surface area contributed by atoms with E-state index < -0.39 is 17.9 Å². The lowest BCUT2D eigenvalue weighted by molar-refractivity contribution is -0.142. The third-order valence-electron chi connectivity index (χ3n) is 3.38. The zero-order valence-corrected chi connectivity index (χ0v) is 11.8. The summed E-state index contributed by atoms with van der Waals surface area (Å²) in [5.74, 6) is -1.19. The van der Waals surface area contributed by atoms with E-state index in [1.54, 1.807) is 23.6 Å². The highest BCUT2D eigenvalue weighted by Gasteiger charge is 2.33. The summed E-state index contributed by atoms with van der Waals surface area (Å²) in [5.41, 5.74) is 0.797. The van der Waals surface area contributed by atoms with E-state index in [1.807, 2.05) is 18.2 Å². The van der Waals surface area contributed by atoms with E-state index in [9.17, 15) is 14.7 Å². The van der Waals surface area contributed by atoms with Gasteiger partial charge in [-0.1, -0.05) is 24.3 Å². The van der Waals surface area contributed by atoms with Crippen LogP contribution in [0.4, 0.5) is 0 Å². The number of hydrogen-bond donors (Lipinski definition) is 2. The average Bonchev–Trinajstić information content (AvgIpc) is 3.13. The van der Waals surface area contributed by atoms with Gasteiger partial charge >= 0.3 is 5.97 Å². The number of carbonyl (C=O) groups is 2. The molecule has 5 nitrogen and oxygen atoms in total. The molecule has 0 saturated heterocycles. The van der Waals surface area contributed by atoms with Crippen LogP contribution in [0, 0.1) is 0 Å². The van der Waals surface area contributed by atoms with E-state index in [2.05, 4.69) is 5.32 Å². The number of aliphatic carboxylic acids is 1. The second-order valence-corrected chi connectivity index (χ2v) is 5.68. The number of benzene rings is 1. The van der Waals surface area contributed by atoms with Gasteiger partial charge in [-0.2, -0.15) is 0 Å². The summed E-state index contributed by atoms with van der Waals surface area (Å²) < 4.78 is 5.46. The first kappa shape index (κ1) is 13.6. The van der Waals surface area contributed by atoms with Crippen LogP contribution in [0.1, 0.15) is 22.4 Å². The molecule has 1 aromatic heterocycles. The minimum absolute atomic E-state index is 0.238. The molecule has 2 aromatic rings. The SMILES string of the molecule is O=C(NC(C(=O)O)c1cccs1)C1COc2ccccc21. The van der Waals surface area contributed by atoms with Gasteiger partial charge in [-0.3, -0.25) is 4.79 Å². The molecule has 1 amide bonds. The fourth-order valence-corrected chi connectivity index (χ4v) is 3.10. The standard InChI is InChI=1S/C15H13NO4S/c17-14(10-8-20-11-5-2-1-4-9(10)11)16-13(15(18)19)12-6-3-7-21-12/h1-7,10,13H,8H2,(H,16,17)(H,18,19). The van der Waals surface area contributed by atoms with Crippen LogP contribution < -0.4 is 10.1 Å². The Balaban J connectivity index is 1.79. The predicted molar refractivity (Wildman–Crippen MR) is 77.5 cm³/mol. The van der Waals surface area contributed by atoms with Crippen molar-refractivity contribution in [2.24, 2.45) is 0 Å². The number of carboxylic acid groups (broad SMARTS) is 1. The van der Waals surface area contributed by atoms with Crippen LogP contribution in [-0.4, -0.2) is 23.6 Å². The fraction of sp³-hybridized carbons (Fsp3) is 0.200. The number of fused-ring (bicyclic) bond motifs is 1. The number of carboxylic acids is 1. The summed E-state index contributed by atoms with van der Waals surface area (Å²) in [7, 11) is 0. The molecule has 2 atom stereocenters. The summed E-state index contributed by atoms with van der Waals surface area (Å²) >= 11 is 1.30. The van der Waals surface area contributed by atoms with E-state index >= 15 is 0 Å². The predicted octanol–water partition coefficient (Wildman–Crippen LogP) is 2.17. The zero-order chi connectivity index (χ0) is 14.8. The van der Waals surface area contributed by atoms with Gasteiger partial charge in [0.1, 0.15) is 18.3 Å². The van der Waals surface area contributed by atoms with Gasteiger partial charge < -0.3 is 15.2 Å². The van der Waals surface area contributed by atoms with Crippen LogP contribution in [0.5, 0.6) is 5.75 Å². The molecule has 0 bridgehead atoms. The smallest absolute Gasteiger partial charge is 0.331 e. The molecule has 0 fully saturated rings. The average molecular weight is 303 g/mol. The maximum Gasteiger partial charge on any atom is 0.331 e. The number of hydrogen-bond acceptors (Lipinski definition) is 4. The number of amides is 1. The first-order valence-corrected chi connectivity index (χ1v) is 7.33. The van der Waals surface area contributed by atoms with Crippen molar-refractivity contribution < 1.29 is 19.4 Å². The Morgan fingerprint density at radius 1 is 1.29 bits per heavy atom. The summed E-state index contributed by atoms with van der Waals surface area (Å²) in [6, 6.07) is 9.74. The van der Waals surface area contributed by atoms with Crippen molar-refractivity contribution in [3.05, 3.63) is 52.2 Å². The molecular weight excluding hydrogens is 290 g/mol. The Morgan fingerprint density at radius 2 is 2.10 bits per heavy atom. The van der Waals surface area contributed by atoms with Gasteiger partial charge in [-0.05, 0) is 17.5 Å².